The third kappa shape index (κ3) is 2.34. The van der Waals surface area contributed by atoms with Crippen LogP contribution in [0.1, 0.15) is 17.0 Å². The normalized spacial score (nSPS) is 10.6. The Morgan fingerprint density at radius 1 is 1.33 bits per heavy atom. The highest BCUT2D eigenvalue weighted by molar-refractivity contribution is 5.70. The zero-order chi connectivity index (χ0) is 13.3. The molecule has 18 heavy (non-hydrogen) atoms. The summed E-state index contributed by atoms with van der Waals surface area (Å²) >= 11 is 0. The monoisotopic (exact) mass is 246 g/mol. The van der Waals surface area contributed by atoms with Crippen molar-refractivity contribution in [3.63, 3.8) is 0 Å². The maximum atomic E-state index is 10.6. The van der Waals surface area contributed by atoms with Crippen molar-refractivity contribution >= 4 is 5.97 Å². The summed E-state index contributed by atoms with van der Waals surface area (Å²) in [6.07, 6.45) is -0.106. The molecule has 0 spiro atoms. The van der Waals surface area contributed by atoms with Crippen molar-refractivity contribution in [2.24, 2.45) is 0 Å². The molecule has 2 aromatic rings. The summed E-state index contributed by atoms with van der Waals surface area (Å²) in [5, 5.41) is 22.9. The Hall–Kier alpha value is -2.30. The molecule has 5 heteroatoms. The number of nitrogens with zero attached hydrogens (tertiary/aromatic N) is 2. The van der Waals surface area contributed by atoms with Gasteiger partial charge in [-0.25, -0.2) is 4.68 Å². The van der Waals surface area contributed by atoms with Crippen LogP contribution in [-0.2, 0) is 11.2 Å². The van der Waals surface area contributed by atoms with Gasteiger partial charge < -0.3 is 10.2 Å². The minimum Gasteiger partial charge on any atom is -0.506 e. The van der Waals surface area contributed by atoms with Crippen molar-refractivity contribution in [1.82, 2.24) is 9.78 Å². The topological polar surface area (TPSA) is 75.4 Å². The van der Waals surface area contributed by atoms with E-state index >= 15 is 0 Å². The molecule has 0 aliphatic rings. The van der Waals surface area contributed by atoms with Gasteiger partial charge in [0.05, 0.1) is 12.1 Å². The lowest BCUT2D eigenvalue weighted by Crippen LogP contribution is -2.02. The zero-order valence-electron chi connectivity index (χ0n) is 10.2. The van der Waals surface area contributed by atoms with Crippen LogP contribution in [0.25, 0.3) is 5.69 Å². The second kappa shape index (κ2) is 4.52. The molecule has 1 heterocycles. The van der Waals surface area contributed by atoms with E-state index in [1.54, 1.807) is 16.8 Å². The lowest BCUT2D eigenvalue weighted by atomic mass is 10.1. The Balaban J connectivity index is 2.41. The summed E-state index contributed by atoms with van der Waals surface area (Å²) in [4.78, 5) is 10.6. The van der Waals surface area contributed by atoms with Crippen LogP contribution in [0.2, 0.25) is 0 Å². The van der Waals surface area contributed by atoms with Crippen LogP contribution in [0.15, 0.2) is 24.3 Å². The molecular weight excluding hydrogens is 232 g/mol. The Bertz CT molecular complexity index is 602. The Labute approximate surface area is 104 Å². The van der Waals surface area contributed by atoms with E-state index in [0.29, 0.717) is 11.3 Å². The lowest BCUT2D eigenvalue weighted by Gasteiger charge is -2.08. The first-order valence-electron chi connectivity index (χ1n) is 5.54. The molecule has 0 saturated heterocycles. The third-order valence-corrected chi connectivity index (χ3v) is 2.63. The van der Waals surface area contributed by atoms with Gasteiger partial charge in [-0.3, -0.25) is 4.79 Å². The average Bonchev–Trinajstić information content (AvgIpc) is 2.57. The number of aromatic hydroxyl groups is 1. The molecule has 0 radical (unpaired) electrons. The maximum absolute atomic E-state index is 10.6. The molecule has 0 saturated carbocycles. The number of hydrogen-bond donors (Lipinski definition) is 2. The zero-order valence-corrected chi connectivity index (χ0v) is 10.2. The average molecular weight is 246 g/mol. The second-order valence-corrected chi connectivity index (χ2v) is 4.23. The van der Waals surface area contributed by atoms with E-state index < -0.39 is 5.97 Å². The van der Waals surface area contributed by atoms with Crippen molar-refractivity contribution in [3.05, 3.63) is 41.2 Å². The fraction of sp³-hybridized carbons (Fsp3) is 0.231. The van der Waals surface area contributed by atoms with Gasteiger partial charge >= 0.3 is 5.97 Å². The number of aromatic nitrogens is 2. The smallest absolute Gasteiger partial charge is 0.307 e. The molecule has 0 fully saturated rings. The molecule has 0 aliphatic carbocycles. The van der Waals surface area contributed by atoms with Crippen LogP contribution in [-0.4, -0.2) is 26.0 Å². The molecule has 0 unspecified atom stereocenters. The van der Waals surface area contributed by atoms with E-state index in [4.69, 9.17) is 5.11 Å². The predicted molar refractivity (Wildman–Crippen MR) is 66.0 cm³/mol. The van der Waals surface area contributed by atoms with E-state index in [1.165, 1.54) is 6.07 Å². The number of hydrogen-bond acceptors (Lipinski definition) is 3. The summed E-state index contributed by atoms with van der Waals surface area (Å²) in [7, 11) is 0. The molecule has 2 N–H and O–H groups in total. The number of benzene rings is 1. The van der Waals surface area contributed by atoms with Crippen LogP contribution in [0.3, 0.4) is 0 Å². The van der Waals surface area contributed by atoms with Gasteiger partial charge in [0.25, 0.3) is 0 Å². The Kier molecular flexibility index (Phi) is 3.06. The predicted octanol–water partition coefficient (Wildman–Crippen LogP) is 1.82. The Morgan fingerprint density at radius 2 is 2.06 bits per heavy atom. The standard InChI is InChI=1S/C13H14N2O3/c1-8-5-9(2)15(14-8)11-4-3-10(6-12(11)16)7-13(17)18/h3-6,16H,7H2,1-2H3,(H,17,18). The van der Waals surface area contributed by atoms with E-state index in [9.17, 15) is 9.90 Å². The minimum absolute atomic E-state index is 0.0277. The van der Waals surface area contributed by atoms with Gasteiger partial charge in [-0.05, 0) is 37.6 Å². The molecule has 0 amide bonds. The first-order chi connectivity index (χ1) is 8.47. The fourth-order valence-corrected chi connectivity index (χ4v) is 1.91. The van der Waals surface area contributed by atoms with Crippen molar-refractivity contribution < 1.29 is 15.0 Å². The molecule has 1 aromatic carbocycles. The number of carboxylic acids is 1. The molecule has 2 rings (SSSR count). The van der Waals surface area contributed by atoms with Crippen LogP contribution in [0, 0.1) is 13.8 Å². The minimum atomic E-state index is -0.923. The van der Waals surface area contributed by atoms with Gasteiger partial charge in [0.2, 0.25) is 0 Å². The molecule has 94 valence electrons. The van der Waals surface area contributed by atoms with Crippen molar-refractivity contribution in [1.29, 1.82) is 0 Å². The number of phenolic OH excluding ortho intramolecular Hbond substituents is 1. The highest BCUT2D eigenvalue weighted by Crippen LogP contribution is 2.24. The molecule has 0 aliphatic heterocycles. The van der Waals surface area contributed by atoms with Crippen molar-refractivity contribution in [2.75, 3.05) is 0 Å². The first kappa shape index (κ1) is 12.2. The van der Waals surface area contributed by atoms with Gasteiger partial charge in [-0.15, -0.1) is 0 Å². The Morgan fingerprint density at radius 3 is 2.56 bits per heavy atom. The van der Waals surface area contributed by atoms with Crippen molar-refractivity contribution in [3.8, 4) is 11.4 Å². The van der Waals surface area contributed by atoms with Gasteiger partial charge in [0.1, 0.15) is 11.4 Å². The highest BCUT2D eigenvalue weighted by atomic mass is 16.4. The van der Waals surface area contributed by atoms with Crippen LogP contribution < -0.4 is 0 Å². The maximum Gasteiger partial charge on any atom is 0.307 e. The quantitative estimate of drug-likeness (QED) is 0.866. The molecule has 0 atom stereocenters. The summed E-state index contributed by atoms with van der Waals surface area (Å²) < 4.78 is 1.63. The van der Waals surface area contributed by atoms with E-state index in [1.807, 2.05) is 19.9 Å². The summed E-state index contributed by atoms with van der Waals surface area (Å²) in [6, 6.07) is 6.72. The van der Waals surface area contributed by atoms with E-state index in [0.717, 1.165) is 11.4 Å². The van der Waals surface area contributed by atoms with E-state index in [2.05, 4.69) is 5.10 Å². The number of phenols is 1. The lowest BCUT2D eigenvalue weighted by molar-refractivity contribution is -0.136. The van der Waals surface area contributed by atoms with Crippen LogP contribution in [0.4, 0.5) is 0 Å². The second-order valence-electron chi connectivity index (χ2n) is 4.23. The summed E-state index contributed by atoms with van der Waals surface area (Å²) in [6.45, 7) is 3.77. The summed E-state index contributed by atoms with van der Waals surface area (Å²) in [5.41, 5.74) is 2.88. The summed E-state index contributed by atoms with van der Waals surface area (Å²) in [5.74, 6) is -0.895. The number of carbonyl (C=O) groups is 1. The molecular formula is C13H14N2O3. The number of aliphatic carboxylic acids is 1. The fourth-order valence-electron chi connectivity index (χ4n) is 1.91. The van der Waals surface area contributed by atoms with E-state index in [-0.39, 0.29) is 12.2 Å². The number of aryl methyl sites for hydroxylation is 2. The number of carboxylic acid groups (broad SMARTS) is 1. The van der Waals surface area contributed by atoms with Gasteiger partial charge in [-0.2, -0.15) is 5.10 Å². The van der Waals surface area contributed by atoms with Crippen LogP contribution >= 0.6 is 0 Å². The van der Waals surface area contributed by atoms with Gasteiger partial charge in [-0.1, -0.05) is 6.07 Å². The SMILES string of the molecule is Cc1cc(C)n(-c2ccc(CC(=O)O)cc2O)n1. The largest absolute Gasteiger partial charge is 0.506 e. The molecule has 5 nitrogen and oxygen atoms in total. The van der Waals surface area contributed by atoms with Crippen molar-refractivity contribution in [2.45, 2.75) is 20.3 Å². The van der Waals surface area contributed by atoms with Gasteiger partial charge in [0, 0.05) is 5.69 Å². The molecule has 1 aromatic heterocycles. The number of rotatable bonds is 3. The van der Waals surface area contributed by atoms with Crippen LogP contribution in [0.5, 0.6) is 5.75 Å². The highest BCUT2D eigenvalue weighted by Gasteiger charge is 2.10. The first-order valence-corrected chi connectivity index (χ1v) is 5.54. The van der Waals surface area contributed by atoms with Gasteiger partial charge in [0.15, 0.2) is 0 Å². The third-order valence-electron chi connectivity index (χ3n) is 2.63. The molecule has 0 bridgehead atoms.